The SMILES string of the molecule is CCNCCCC(C)OC(C)C(F)(F)F. The van der Waals surface area contributed by atoms with E-state index in [1.54, 1.807) is 6.92 Å². The molecule has 2 unspecified atom stereocenters. The first kappa shape index (κ1) is 14.7. The molecule has 0 fully saturated rings. The van der Waals surface area contributed by atoms with Gasteiger partial charge in [-0.15, -0.1) is 0 Å². The highest BCUT2D eigenvalue weighted by Crippen LogP contribution is 2.23. The van der Waals surface area contributed by atoms with E-state index in [0.29, 0.717) is 6.42 Å². The van der Waals surface area contributed by atoms with Crippen LogP contribution in [-0.4, -0.2) is 31.5 Å². The first-order valence-corrected chi connectivity index (χ1v) is 5.30. The van der Waals surface area contributed by atoms with Crippen molar-refractivity contribution in [2.45, 2.75) is 52.0 Å². The zero-order valence-electron chi connectivity index (χ0n) is 9.53. The number of hydrogen-bond donors (Lipinski definition) is 1. The van der Waals surface area contributed by atoms with Crippen LogP contribution in [0.3, 0.4) is 0 Å². The Bertz CT molecular complexity index is 161. The average Bonchev–Trinajstić information content (AvgIpc) is 2.11. The van der Waals surface area contributed by atoms with Gasteiger partial charge in [0.15, 0.2) is 6.10 Å². The quantitative estimate of drug-likeness (QED) is 0.675. The Morgan fingerprint density at radius 1 is 1.27 bits per heavy atom. The molecule has 0 aromatic rings. The summed E-state index contributed by atoms with van der Waals surface area (Å²) in [6.45, 7) is 6.42. The molecule has 15 heavy (non-hydrogen) atoms. The molecule has 1 N–H and O–H groups in total. The molecule has 0 aliphatic heterocycles. The van der Waals surface area contributed by atoms with E-state index >= 15 is 0 Å². The lowest BCUT2D eigenvalue weighted by Crippen LogP contribution is -2.32. The van der Waals surface area contributed by atoms with E-state index in [9.17, 15) is 13.2 Å². The van der Waals surface area contributed by atoms with Crippen molar-refractivity contribution in [2.75, 3.05) is 13.1 Å². The van der Waals surface area contributed by atoms with Gasteiger partial charge >= 0.3 is 6.18 Å². The molecule has 0 amide bonds. The van der Waals surface area contributed by atoms with Gasteiger partial charge in [-0.05, 0) is 39.8 Å². The number of alkyl halides is 3. The predicted octanol–water partition coefficient (Wildman–Crippen LogP) is 2.73. The van der Waals surface area contributed by atoms with Crippen molar-refractivity contribution < 1.29 is 17.9 Å². The molecule has 0 heterocycles. The summed E-state index contributed by atoms with van der Waals surface area (Å²) in [4.78, 5) is 0. The first-order valence-electron chi connectivity index (χ1n) is 5.30. The van der Waals surface area contributed by atoms with E-state index in [-0.39, 0.29) is 6.10 Å². The second kappa shape index (κ2) is 7.06. The van der Waals surface area contributed by atoms with Crippen LogP contribution in [0.4, 0.5) is 13.2 Å². The number of hydrogen-bond acceptors (Lipinski definition) is 2. The molecule has 5 heteroatoms. The molecule has 0 aliphatic rings. The molecule has 2 nitrogen and oxygen atoms in total. The molecule has 2 atom stereocenters. The molecule has 0 rings (SSSR count). The van der Waals surface area contributed by atoms with Crippen molar-refractivity contribution in [1.29, 1.82) is 0 Å². The lowest BCUT2D eigenvalue weighted by Gasteiger charge is -2.21. The van der Waals surface area contributed by atoms with E-state index in [4.69, 9.17) is 4.74 Å². The van der Waals surface area contributed by atoms with Gasteiger partial charge < -0.3 is 10.1 Å². The van der Waals surface area contributed by atoms with Crippen molar-refractivity contribution >= 4 is 0 Å². The van der Waals surface area contributed by atoms with Crippen LogP contribution in [0, 0.1) is 0 Å². The zero-order valence-corrected chi connectivity index (χ0v) is 9.53. The Hall–Kier alpha value is -0.290. The summed E-state index contributed by atoms with van der Waals surface area (Å²) >= 11 is 0. The van der Waals surface area contributed by atoms with Crippen molar-refractivity contribution in [3.63, 3.8) is 0 Å². The maximum Gasteiger partial charge on any atom is 0.414 e. The molecule has 0 spiro atoms. The Kier molecular flexibility index (Phi) is 6.92. The van der Waals surface area contributed by atoms with Gasteiger partial charge in [0.1, 0.15) is 0 Å². The third kappa shape index (κ3) is 7.62. The Balaban J connectivity index is 3.60. The maximum absolute atomic E-state index is 12.1. The first-order chi connectivity index (χ1) is 6.88. The molecule has 0 radical (unpaired) electrons. The third-order valence-electron chi connectivity index (χ3n) is 2.11. The van der Waals surface area contributed by atoms with Gasteiger partial charge in [-0.1, -0.05) is 6.92 Å². The van der Waals surface area contributed by atoms with Crippen LogP contribution >= 0.6 is 0 Å². The summed E-state index contributed by atoms with van der Waals surface area (Å²) in [7, 11) is 0. The molecular weight excluding hydrogens is 207 g/mol. The van der Waals surface area contributed by atoms with Crippen molar-refractivity contribution in [2.24, 2.45) is 0 Å². The maximum atomic E-state index is 12.1. The highest BCUT2D eigenvalue weighted by Gasteiger charge is 2.37. The Morgan fingerprint density at radius 2 is 1.87 bits per heavy atom. The minimum Gasteiger partial charge on any atom is -0.366 e. The van der Waals surface area contributed by atoms with E-state index in [1.807, 2.05) is 6.92 Å². The standard InChI is InChI=1S/C10H20F3NO/c1-4-14-7-5-6-8(2)15-9(3)10(11,12)13/h8-9,14H,4-7H2,1-3H3. The van der Waals surface area contributed by atoms with E-state index in [2.05, 4.69) is 5.32 Å². The second-order valence-corrected chi connectivity index (χ2v) is 3.63. The molecule has 0 bridgehead atoms. The van der Waals surface area contributed by atoms with Crippen LogP contribution in [-0.2, 0) is 4.74 Å². The minimum atomic E-state index is -4.25. The molecule has 0 aromatic carbocycles. The second-order valence-electron chi connectivity index (χ2n) is 3.63. The zero-order chi connectivity index (χ0) is 11.9. The molecule has 0 aromatic heterocycles. The summed E-state index contributed by atoms with van der Waals surface area (Å²) in [6, 6.07) is 0. The summed E-state index contributed by atoms with van der Waals surface area (Å²) in [6.07, 6.45) is -4.80. The van der Waals surface area contributed by atoms with Gasteiger partial charge in [0.25, 0.3) is 0 Å². The fourth-order valence-corrected chi connectivity index (χ4v) is 1.18. The smallest absolute Gasteiger partial charge is 0.366 e. The van der Waals surface area contributed by atoms with Crippen LogP contribution in [0.1, 0.15) is 33.6 Å². The largest absolute Gasteiger partial charge is 0.414 e. The van der Waals surface area contributed by atoms with Gasteiger partial charge in [0, 0.05) is 0 Å². The summed E-state index contributed by atoms with van der Waals surface area (Å²) < 4.78 is 41.2. The third-order valence-corrected chi connectivity index (χ3v) is 2.11. The topological polar surface area (TPSA) is 21.3 Å². The number of rotatable bonds is 7. The summed E-state index contributed by atoms with van der Waals surface area (Å²) in [5.74, 6) is 0. The highest BCUT2D eigenvalue weighted by molar-refractivity contribution is 4.64. The number of ether oxygens (including phenoxy) is 1. The number of halogens is 3. The van der Waals surface area contributed by atoms with Crippen LogP contribution < -0.4 is 5.32 Å². The van der Waals surface area contributed by atoms with Gasteiger partial charge in [-0.25, -0.2) is 0 Å². The molecule has 0 saturated heterocycles. The highest BCUT2D eigenvalue weighted by atomic mass is 19.4. The minimum absolute atomic E-state index is 0.347. The van der Waals surface area contributed by atoms with Gasteiger partial charge in [-0.3, -0.25) is 0 Å². The number of nitrogens with one attached hydrogen (secondary N) is 1. The molecule has 0 aliphatic carbocycles. The fourth-order valence-electron chi connectivity index (χ4n) is 1.18. The average molecular weight is 227 g/mol. The predicted molar refractivity (Wildman–Crippen MR) is 53.8 cm³/mol. The van der Waals surface area contributed by atoms with Gasteiger partial charge in [0.05, 0.1) is 6.10 Å². The lowest BCUT2D eigenvalue weighted by molar-refractivity contribution is -0.225. The van der Waals surface area contributed by atoms with Crippen LogP contribution in [0.5, 0.6) is 0 Å². The van der Waals surface area contributed by atoms with Crippen LogP contribution in [0.2, 0.25) is 0 Å². The molecular formula is C10H20F3NO. The summed E-state index contributed by atoms with van der Waals surface area (Å²) in [5, 5.41) is 3.11. The van der Waals surface area contributed by atoms with Crippen molar-refractivity contribution in [3.8, 4) is 0 Å². The van der Waals surface area contributed by atoms with E-state index in [1.165, 1.54) is 0 Å². The lowest BCUT2D eigenvalue weighted by atomic mass is 10.2. The Morgan fingerprint density at radius 3 is 2.33 bits per heavy atom. The van der Waals surface area contributed by atoms with E-state index in [0.717, 1.165) is 26.4 Å². The van der Waals surface area contributed by atoms with Gasteiger partial charge in [-0.2, -0.15) is 13.2 Å². The van der Waals surface area contributed by atoms with E-state index < -0.39 is 12.3 Å². The van der Waals surface area contributed by atoms with Crippen LogP contribution in [0.15, 0.2) is 0 Å². The van der Waals surface area contributed by atoms with Gasteiger partial charge in [0.2, 0.25) is 0 Å². The molecule has 92 valence electrons. The van der Waals surface area contributed by atoms with Crippen molar-refractivity contribution in [3.05, 3.63) is 0 Å². The van der Waals surface area contributed by atoms with Crippen molar-refractivity contribution in [1.82, 2.24) is 5.32 Å². The Labute approximate surface area is 89.2 Å². The van der Waals surface area contributed by atoms with Crippen LogP contribution in [0.25, 0.3) is 0 Å². The molecule has 0 saturated carbocycles. The summed E-state index contributed by atoms with van der Waals surface area (Å²) in [5.41, 5.74) is 0. The fraction of sp³-hybridized carbons (Fsp3) is 1.00. The normalized spacial score (nSPS) is 16.4. The monoisotopic (exact) mass is 227 g/mol.